The van der Waals surface area contributed by atoms with Crippen LogP contribution < -0.4 is 0 Å². The number of benzene rings is 1. The minimum absolute atomic E-state index is 0.0122. The van der Waals surface area contributed by atoms with Crippen molar-refractivity contribution in [2.24, 2.45) is 0 Å². The molecule has 1 aromatic rings. The molecule has 2 fully saturated rings. The zero-order valence-electron chi connectivity index (χ0n) is 15.7. The van der Waals surface area contributed by atoms with Crippen molar-refractivity contribution in [2.45, 2.75) is 44.8 Å². The fourth-order valence-corrected chi connectivity index (χ4v) is 4.76. The first-order chi connectivity index (χ1) is 14.1. The van der Waals surface area contributed by atoms with Gasteiger partial charge in [0.05, 0.1) is 19.6 Å². The lowest BCUT2D eigenvalue weighted by Crippen LogP contribution is -2.40. The Balaban J connectivity index is 1.42. The molecule has 0 N–H and O–H groups in total. The first-order valence-corrected chi connectivity index (χ1v) is 10.5. The zero-order valence-corrected chi connectivity index (χ0v) is 16.6. The normalized spacial score (nSPS) is 31.7. The van der Waals surface area contributed by atoms with Crippen LogP contribution >= 0.6 is 7.82 Å². The fraction of sp³-hybridized carbons (Fsp3) is 0.444. The van der Waals surface area contributed by atoms with E-state index in [9.17, 15) is 27.3 Å². The van der Waals surface area contributed by atoms with Gasteiger partial charge in [0.25, 0.3) is 0 Å². The molecule has 30 heavy (non-hydrogen) atoms. The summed E-state index contributed by atoms with van der Waals surface area (Å²) in [6, 6.07) is 2.22. The van der Waals surface area contributed by atoms with Crippen LogP contribution in [0.3, 0.4) is 0 Å². The second-order valence-electron chi connectivity index (χ2n) is 7.11. The van der Waals surface area contributed by atoms with Crippen LogP contribution in [-0.2, 0) is 39.1 Å². The van der Waals surface area contributed by atoms with Crippen molar-refractivity contribution < 1.29 is 45.6 Å². The van der Waals surface area contributed by atoms with Gasteiger partial charge in [0.15, 0.2) is 5.83 Å². The first-order valence-electron chi connectivity index (χ1n) is 9.04. The lowest BCUT2D eigenvalue weighted by Gasteiger charge is -2.30. The number of hydrogen-bond donors (Lipinski definition) is 0. The van der Waals surface area contributed by atoms with Crippen molar-refractivity contribution in [3.63, 3.8) is 0 Å². The van der Waals surface area contributed by atoms with E-state index in [0.29, 0.717) is 5.56 Å². The molecule has 3 aliphatic heterocycles. The van der Waals surface area contributed by atoms with Gasteiger partial charge in [-0.15, -0.1) is 0 Å². The van der Waals surface area contributed by atoms with Gasteiger partial charge in [0.2, 0.25) is 11.7 Å². The molecule has 8 nitrogen and oxygen atoms in total. The molecular weight excluding hydrogens is 430 g/mol. The molecule has 4 rings (SSSR count). The number of allylic oxidation sites excluding steroid dienone is 1. The van der Waals surface area contributed by atoms with Crippen molar-refractivity contribution >= 4 is 19.5 Å². The van der Waals surface area contributed by atoms with E-state index in [1.54, 1.807) is 0 Å². The van der Waals surface area contributed by atoms with Gasteiger partial charge in [-0.05, 0) is 24.6 Å². The number of amides is 1. The van der Waals surface area contributed by atoms with Crippen molar-refractivity contribution in [3.8, 4) is 0 Å². The Hall–Kier alpha value is -2.04. The second kappa shape index (κ2) is 7.90. The standard InChI is InChI=1S/C18H17F3NO7P/c1-9-2-11(19)10(12(20)3-9)7-26-30(25)27-8-16-15(29-30)5-18(28-16)22-6-13(21)14(23)4-17(22)24/h2-3,6,15-16,18H,4-5,7-8H2,1H3/t15-,16+,18+,30+/m0/s1. The number of rotatable bonds is 4. The summed E-state index contributed by atoms with van der Waals surface area (Å²) in [5, 5.41) is 0. The smallest absolute Gasteiger partial charge is 0.349 e. The van der Waals surface area contributed by atoms with E-state index in [1.807, 2.05) is 0 Å². The first kappa shape index (κ1) is 21.2. The third-order valence-corrected chi connectivity index (χ3v) is 6.36. The largest absolute Gasteiger partial charge is 0.475 e. The van der Waals surface area contributed by atoms with Gasteiger partial charge in [-0.2, -0.15) is 0 Å². The minimum atomic E-state index is -4.16. The number of carbonyl (C=O) groups is 2. The number of ketones is 1. The molecule has 0 spiro atoms. The van der Waals surface area contributed by atoms with E-state index >= 15 is 0 Å². The van der Waals surface area contributed by atoms with Gasteiger partial charge in [-0.3, -0.25) is 28.1 Å². The SMILES string of the molecule is Cc1cc(F)c(CO[P@]2(=O)OC[C@H]3O[C@@H](N4C=C(F)C(=O)CC4=O)C[C@@H]3O2)c(F)c1. The average Bonchev–Trinajstić information content (AvgIpc) is 3.06. The van der Waals surface area contributed by atoms with E-state index < -0.39 is 74.0 Å². The molecule has 4 atom stereocenters. The molecular formula is C18H17F3NO7P. The summed E-state index contributed by atoms with van der Waals surface area (Å²) in [6.45, 7) is 0.606. The molecule has 12 heteroatoms. The summed E-state index contributed by atoms with van der Waals surface area (Å²) in [7, 11) is -4.16. The Labute approximate surface area is 169 Å². The molecule has 0 bridgehead atoms. The van der Waals surface area contributed by atoms with E-state index in [4.69, 9.17) is 18.3 Å². The number of hydrogen-bond acceptors (Lipinski definition) is 7. The molecule has 3 aliphatic rings. The highest BCUT2D eigenvalue weighted by molar-refractivity contribution is 7.48. The molecule has 3 heterocycles. The quantitative estimate of drug-likeness (QED) is 0.518. The fourth-order valence-electron chi connectivity index (χ4n) is 3.39. The highest BCUT2D eigenvalue weighted by Gasteiger charge is 2.49. The van der Waals surface area contributed by atoms with Crippen LogP contribution in [0.2, 0.25) is 0 Å². The van der Waals surface area contributed by atoms with Gasteiger partial charge in [0.1, 0.15) is 30.1 Å². The topological polar surface area (TPSA) is 91.4 Å². The van der Waals surface area contributed by atoms with Gasteiger partial charge in [-0.25, -0.2) is 17.7 Å². The molecule has 0 radical (unpaired) electrons. The second-order valence-corrected chi connectivity index (χ2v) is 8.73. The monoisotopic (exact) mass is 447 g/mol. The number of aryl methyl sites for hydroxylation is 1. The van der Waals surface area contributed by atoms with Crippen LogP contribution in [0.5, 0.6) is 0 Å². The number of phosphoric ester groups is 1. The Morgan fingerprint density at radius 2 is 1.90 bits per heavy atom. The number of ether oxygens (including phenoxy) is 1. The predicted molar refractivity (Wildman–Crippen MR) is 93.3 cm³/mol. The number of halogens is 3. The maximum Gasteiger partial charge on any atom is 0.475 e. The third kappa shape index (κ3) is 4.08. The summed E-state index contributed by atoms with van der Waals surface area (Å²) in [5.74, 6) is -4.34. The van der Waals surface area contributed by atoms with E-state index in [2.05, 4.69) is 0 Å². The van der Waals surface area contributed by atoms with Gasteiger partial charge in [0, 0.05) is 18.2 Å². The Kier molecular flexibility index (Phi) is 5.58. The Morgan fingerprint density at radius 1 is 1.20 bits per heavy atom. The van der Waals surface area contributed by atoms with Crippen LogP contribution in [0.4, 0.5) is 13.2 Å². The summed E-state index contributed by atoms with van der Waals surface area (Å²) in [6.07, 6.45) is -2.36. The Bertz CT molecular complexity index is 962. The number of phosphoric acid groups is 1. The van der Waals surface area contributed by atoms with Gasteiger partial charge in [-0.1, -0.05) is 0 Å². The summed E-state index contributed by atoms with van der Waals surface area (Å²) >= 11 is 0. The molecule has 0 aliphatic carbocycles. The van der Waals surface area contributed by atoms with E-state index in [0.717, 1.165) is 23.2 Å². The van der Waals surface area contributed by atoms with Crippen LogP contribution in [0.1, 0.15) is 24.0 Å². The molecule has 2 saturated heterocycles. The van der Waals surface area contributed by atoms with Crippen LogP contribution in [0, 0.1) is 18.6 Å². The van der Waals surface area contributed by atoms with E-state index in [1.165, 1.54) is 6.92 Å². The third-order valence-electron chi connectivity index (χ3n) is 4.92. The molecule has 0 saturated carbocycles. The maximum absolute atomic E-state index is 13.9. The van der Waals surface area contributed by atoms with Crippen LogP contribution in [0.15, 0.2) is 24.2 Å². The molecule has 162 valence electrons. The van der Waals surface area contributed by atoms with Crippen molar-refractivity contribution in [1.29, 1.82) is 0 Å². The van der Waals surface area contributed by atoms with Gasteiger partial charge < -0.3 is 4.74 Å². The van der Waals surface area contributed by atoms with Gasteiger partial charge >= 0.3 is 7.82 Å². The Morgan fingerprint density at radius 3 is 2.60 bits per heavy atom. The van der Waals surface area contributed by atoms with Crippen molar-refractivity contribution in [3.05, 3.63) is 46.9 Å². The van der Waals surface area contributed by atoms with Crippen LogP contribution in [0.25, 0.3) is 0 Å². The summed E-state index contributed by atoms with van der Waals surface area (Å²) < 4.78 is 75.3. The minimum Gasteiger partial charge on any atom is -0.349 e. The van der Waals surface area contributed by atoms with Crippen LogP contribution in [-0.4, -0.2) is 41.6 Å². The van der Waals surface area contributed by atoms with E-state index in [-0.39, 0.29) is 13.0 Å². The van der Waals surface area contributed by atoms with Crippen molar-refractivity contribution in [2.75, 3.05) is 6.61 Å². The zero-order chi connectivity index (χ0) is 21.6. The van der Waals surface area contributed by atoms with Crippen molar-refractivity contribution in [1.82, 2.24) is 4.90 Å². The number of nitrogens with zero attached hydrogens (tertiary/aromatic N) is 1. The molecule has 0 aromatic heterocycles. The predicted octanol–water partition coefficient (Wildman–Crippen LogP) is 3.04. The average molecular weight is 447 g/mol. The lowest BCUT2D eigenvalue weighted by atomic mass is 10.1. The molecule has 0 unspecified atom stereocenters. The lowest BCUT2D eigenvalue weighted by molar-refractivity contribution is -0.146. The highest BCUT2D eigenvalue weighted by atomic mass is 31.2. The number of carbonyl (C=O) groups excluding carboxylic acids is 2. The summed E-state index contributed by atoms with van der Waals surface area (Å²) in [5.41, 5.74) is -0.0446. The summed E-state index contributed by atoms with van der Waals surface area (Å²) in [4.78, 5) is 24.2. The highest BCUT2D eigenvalue weighted by Crippen LogP contribution is 2.56. The number of Topliss-reactive ketones (excluding diaryl/α,β-unsaturated/α-hetero) is 1. The number of fused-ring (bicyclic) bond motifs is 1. The molecule has 1 aromatic carbocycles. The molecule has 1 amide bonds. The maximum atomic E-state index is 13.9.